The molecule has 20 heavy (non-hydrogen) atoms. The van der Waals surface area contributed by atoms with Crippen LogP contribution in [-0.4, -0.2) is 20.9 Å². The van der Waals surface area contributed by atoms with Gasteiger partial charge in [0.1, 0.15) is 0 Å². The number of rotatable bonds is 7. The van der Waals surface area contributed by atoms with E-state index in [1.807, 2.05) is 0 Å². The molecule has 0 radical (unpaired) electrons. The maximum absolute atomic E-state index is 12.0. The number of hydrogen-bond donors (Lipinski definition) is 2. The minimum absolute atomic E-state index is 0.0424. The standard InChI is InChI=1S/C14H22N2O3S/c1-3-4-5-6-9-16-14(17)13-10-12(20(15,18)19)8-7-11(13)2/h7-8,10H,3-6,9H2,1-2H3,(H,16,17)(H2,15,18,19). The van der Waals surface area contributed by atoms with Gasteiger partial charge in [-0.3, -0.25) is 4.79 Å². The fraction of sp³-hybridized carbons (Fsp3) is 0.500. The van der Waals surface area contributed by atoms with Crippen LogP contribution in [0.3, 0.4) is 0 Å². The van der Waals surface area contributed by atoms with Crippen LogP contribution in [0.4, 0.5) is 0 Å². The number of sulfonamides is 1. The number of unbranched alkanes of at least 4 members (excludes halogenated alkanes) is 3. The quantitative estimate of drug-likeness (QED) is 0.754. The third-order valence-electron chi connectivity index (χ3n) is 3.10. The van der Waals surface area contributed by atoms with E-state index in [4.69, 9.17) is 5.14 Å². The number of benzene rings is 1. The Labute approximate surface area is 120 Å². The van der Waals surface area contributed by atoms with Crippen LogP contribution >= 0.6 is 0 Å². The molecular formula is C14H22N2O3S. The molecule has 0 aliphatic rings. The Morgan fingerprint density at radius 1 is 1.25 bits per heavy atom. The van der Waals surface area contributed by atoms with Gasteiger partial charge in [0.15, 0.2) is 0 Å². The Balaban J connectivity index is 2.72. The molecule has 1 rings (SSSR count). The van der Waals surface area contributed by atoms with Gasteiger partial charge in [-0.2, -0.15) is 0 Å². The highest BCUT2D eigenvalue weighted by Crippen LogP contribution is 2.14. The largest absolute Gasteiger partial charge is 0.352 e. The normalized spacial score (nSPS) is 11.3. The van der Waals surface area contributed by atoms with Gasteiger partial charge < -0.3 is 5.32 Å². The van der Waals surface area contributed by atoms with Crippen molar-refractivity contribution in [3.63, 3.8) is 0 Å². The maximum Gasteiger partial charge on any atom is 0.251 e. The minimum Gasteiger partial charge on any atom is -0.352 e. The predicted molar refractivity (Wildman–Crippen MR) is 79.0 cm³/mol. The van der Waals surface area contributed by atoms with Gasteiger partial charge in [-0.1, -0.05) is 32.3 Å². The van der Waals surface area contributed by atoms with Gasteiger partial charge in [-0.05, 0) is 31.0 Å². The van der Waals surface area contributed by atoms with Crippen molar-refractivity contribution < 1.29 is 13.2 Å². The van der Waals surface area contributed by atoms with Crippen LogP contribution in [0.1, 0.15) is 48.5 Å². The summed E-state index contributed by atoms with van der Waals surface area (Å²) in [5.74, 6) is -0.260. The van der Waals surface area contributed by atoms with Crippen molar-refractivity contribution in [1.82, 2.24) is 5.32 Å². The van der Waals surface area contributed by atoms with E-state index in [-0.39, 0.29) is 10.8 Å². The van der Waals surface area contributed by atoms with Crippen molar-refractivity contribution in [2.45, 2.75) is 44.4 Å². The van der Waals surface area contributed by atoms with Crippen molar-refractivity contribution in [2.24, 2.45) is 5.14 Å². The van der Waals surface area contributed by atoms with E-state index >= 15 is 0 Å². The first-order valence-corrected chi connectivity index (χ1v) is 8.32. The summed E-state index contributed by atoms with van der Waals surface area (Å²) in [6.45, 7) is 4.48. The summed E-state index contributed by atoms with van der Waals surface area (Å²) in [6, 6.07) is 4.32. The lowest BCUT2D eigenvalue weighted by molar-refractivity contribution is 0.0952. The third-order valence-corrected chi connectivity index (χ3v) is 4.01. The van der Waals surface area contributed by atoms with Crippen LogP contribution in [-0.2, 0) is 10.0 Å². The van der Waals surface area contributed by atoms with E-state index in [0.717, 1.165) is 31.2 Å². The zero-order valence-electron chi connectivity index (χ0n) is 12.0. The summed E-state index contributed by atoms with van der Waals surface area (Å²) in [5.41, 5.74) is 1.08. The molecule has 0 unspecified atom stereocenters. The van der Waals surface area contributed by atoms with Gasteiger partial charge in [-0.15, -0.1) is 0 Å². The Kier molecular flexibility index (Phi) is 6.16. The Hall–Kier alpha value is -1.40. The molecule has 0 saturated carbocycles. The smallest absolute Gasteiger partial charge is 0.251 e. The Morgan fingerprint density at radius 3 is 2.55 bits per heavy atom. The molecule has 1 amide bonds. The predicted octanol–water partition coefficient (Wildman–Crippen LogP) is 1.95. The van der Waals surface area contributed by atoms with Gasteiger partial charge in [0, 0.05) is 12.1 Å². The summed E-state index contributed by atoms with van der Waals surface area (Å²) in [6.07, 6.45) is 4.29. The molecular weight excluding hydrogens is 276 g/mol. The molecule has 3 N–H and O–H groups in total. The zero-order chi connectivity index (χ0) is 15.2. The van der Waals surface area contributed by atoms with Crippen molar-refractivity contribution in [1.29, 1.82) is 0 Å². The zero-order valence-corrected chi connectivity index (χ0v) is 12.8. The molecule has 0 spiro atoms. The van der Waals surface area contributed by atoms with Crippen molar-refractivity contribution in [3.05, 3.63) is 29.3 Å². The molecule has 0 aromatic heterocycles. The molecule has 112 valence electrons. The third kappa shape index (κ3) is 4.94. The fourth-order valence-corrected chi connectivity index (χ4v) is 2.41. The van der Waals surface area contributed by atoms with Gasteiger partial charge in [0.2, 0.25) is 10.0 Å². The summed E-state index contributed by atoms with van der Waals surface area (Å²) in [4.78, 5) is 12.0. The van der Waals surface area contributed by atoms with E-state index in [0.29, 0.717) is 12.1 Å². The highest BCUT2D eigenvalue weighted by atomic mass is 32.2. The first-order valence-electron chi connectivity index (χ1n) is 6.78. The van der Waals surface area contributed by atoms with Crippen LogP contribution < -0.4 is 10.5 Å². The second-order valence-electron chi connectivity index (χ2n) is 4.84. The van der Waals surface area contributed by atoms with Crippen LogP contribution in [0.15, 0.2) is 23.1 Å². The van der Waals surface area contributed by atoms with Crippen LogP contribution in [0.25, 0.3) is 0 Å². The number of amides is 1. The van der Waals surface area contributed by atoms with Gasteiger partial charge in [-0.25, -0.2) is 13.6 Å². The van der Waals surface area contributed by atoms with Gasteiger partial charge >= 0.3 is 0 Å². The highest BCUT2D eigenvalue weighted by Gasteiger charge is 2.14. The SMILES string of the molecule is CCCCCCNC(=O)c1cc(S(N)(=O)=O)ccc1C. The molecule has 5 nitrogen and oxygen atoms in total. The number of nitrogens with one attached hydrogen (secondary N) is 1. The Bertz CT molecular complexity index is 568. The lowest BCUT2D eigenvalue weighted by Crippen LogP contribution is -2.25. The number of carbonyl (C=O) groups is 1. The summed E-state index contributed by atoms with van der Waals surface area (Å²) < 4.78 is 22.6. The molecule has 0 aliphatic heterocycles. The van der Waals surface area contributed by atoms with Crippen molar-refractivity contribution in [3.8, 4) is 0 Å². The van der Waals surface area contributed by atoms with E-state index in [1.165, 1.54) is 12.1 Å². The van der Waals surface area contributed by atoms with Crippen LogP contribution in [0.2, 0.25) is 0 Å². The van der Waals surface area contributed by atoms with Gasteiger partial charge in [0.05, 0.1) is 4.90 Å². The molecule has 0 fully saturated rings. The van der Waals surface area contributed by atoms with E-state index in [9.17, 15) is 13.2 Å². The first kappa shape index (κ1) is 16.7. The number of carbonyl (C=O) groups excluding carboxylic acids is 1. The summed E-state index contributed by atoms with van der Waals surface area (Å²) >= 11 is 0. The maximum atomic E-state index is 12.0. The fourth-order valence-electron chi connectivity index (χ4n) is 1.87. The molecule has 0 bridgehead atoms. The highest BCUT2D eigenvalue weighted by molar-refractivity contribution is 7.89. The second kappa shape index (κ2) is 7.40. The van der Waals surface area contributed by atoms with Gasteiger partial charge in [0.25, 0.3) is 5.91 Å². The Morgan fingerprint density at radius 2 is 1.95 bits per heavy atom. The number of hydrogen-bond acceptors (Lipinski definition) is 3. The lowest BCUT2D eigenvalue weighted by atomic mass is 10.1. The van der Waals surface area contributed by atoms with Crippen molar-refractivity contribution in [2.75, 3.05) is 6.54 Å². The molecule has 1 aromatic rings. The van der Waals surface area contributed by atoms with Crippen LogP contribution in [0, 0.1) is 6.92 Å². The topological polar surface area (TPSA) is 89.3 Å². The number of aryl methyl sites for hydroxylation is 1. The van der Waals surface area contributed by atoms with E-state index in [1.54, 1.807) is 13.0 Å². The minimum atomic E-state index is -3.79. The molecule has 0 aliphatic carbocycles. The molecule has 0 atom stereocenters. The average molecular weight is 298 g/mol. The van der Waals surface area contributed by atoms with Crippen molar-refractivity contribution >= 4 is 15.9 Å². The summed E-state index contributed by atoms with van der Waals surface area (Å²) in [7, 11) is -3.79. The summed E-state index contributed by atoms with van der Waals surface area (Å²) in [5, 5.41) is 7.87. The molecule has 0 heterocycles. The molecule has 6 heteroatoms. The molecule has 1 aromatic carbocycles. The number of primary sulfonamides is 1. The number of nitrogens with two attached hydrogens (primary N) is 1. The average Bonchev–Trinajstić information content (AvgIpc) is 2.37. The second-order valence-corrected chi connectivity index (χ2v) is 6.40. The lowest BCUT2D eigenvalue weighted by Gasteiger charge is -2.09. The monoisotopic (exact) mass is 298 g/mol. The molecule has 0 saturated heterocycles. The van der Waals surface area contributed by atoms with E-state index in [2.05, 4.69) is 12.2 Å². The van der Waals surface area contributed by atoms with Crippen LogP contribution in [0.5, 0.6) is 0 Å². The first-order chi connectivity index (χ1) is 9.36. The van der Waals surface area contributed by atoms with E-state index < -0.39 is 10.0 Å².